The first-order chi connectivity index (χ1) is 12.3. The fraction of sp³-hybridized carbons (Fsp3) is 0.650. The van der Waals surface area contributed by atoms with Crippen molar-refractivity contribution in [3.05, 3.63) is 29.8 Å². The first-order valence-corrected chi connectivity index (χ1v) is 9.65. The summed E-state index contributed by atoms with van der Waals surface area (Å²) in [5.41, 5.74) is 1.17. The average molecular weight is 418 g/mol. The molecule has 2 atom stereocenters. The summed E-state index contributed by atoms with van der Waals surface area (Å²) in [5.74, 6) is 1.20. The number of nitrogens with one attached hydrogen (secondary N) is 2. The zero-order chi connectivity index (χ0) is 17.5. The van der Waals surface area contributed by atoms with E-state index in [1.54, 1.807) is 7.11 Å². The summed E-state index contributed by atoms with van der Waals surface area (Å²) in [7, 11) is 1.72. The summed E-state index contributed by atoms with van der Waals surface area (Å²) < 4.78 is 5.59. The van der Waals surface area contributed by atoms with E-state index in [4.69, 9.17) is 4.74 Å². The van der Waals surface area contributed by atoms with E-state index in [1.165, 1.54) is 24.8 Å². The molecule has 0 spiro atoms. The summed E-state index contributed by atoms with van der Waals surface area (Å²) in [6.07, 6.45) is 5.83. The number of benzene rings is 1. The number of hydrogen-bond donors (Lipinski definition) is 2. The van der Waals surface area contributed by atoms with Crippen LogP contribution in [0, 0.1) is 5.92 Å². The molecule has 0 saturated carbocycles. The number of para-hydroxylation sites is 1. The van der Waals surface area contributed by atoms with Crippen molar-refractivity contribution in [1.29, 1.82) is 0 Å². The second-order valence-electron chi connectivity index (χ2n) is 7.14. The van der Waals surface area contributed by atoms with Gasteiger partial charge in [-0.2, -0.15) is 0 Å². The molecule has 154 valence electrons. The van der Waals surface area contributed by atoms with Crippen LogP contribution < -0.4 is 15.4 Å². The molecule has 1 aromatic carbocycles. The highest BCUT2D eigenvalue weighted by Gasteiger charge is 2.27. The topological polar surface area (TPSA) is 53.6 Å². The highest BCUT2D eigenvalue weighted by atomic mass is 35.5. The Morgan fingerprint density at radius 3 is 2.63 bits per heavy atom. The van der Waals surface area contributed by atoms with Crippen molar-refractivity contribution in [3.8, 4) is 5.75 Å². The lowest BCUT2D eigenvalue weighted by molar-refractivity contribution is -0.125. The Labute approximate surface area is 175 Å². The Balaban J connectivity index is 0.00000182. The van der Waals surface area contributed by atoms with Gasteiger partial charge in [-0.25, -0.2) is 0 Å². The molecular formula is C20H33Cl2N3O2. The summed E-state index contributed by atoms with van der Waals surface area (Å²) >= 11 is 0. The van der Waals surface area contributed by atoms with Crippen LogP contribution in [0.4, 0.5) is 0 Å². The van der Waals surface area contributed by atoms with Gasteiger partial charge >= 0.3 is 0 Å². The summed E-state index contributed by atoms with van der Waals surface area (Å²) in [6.45, 7) is 4.65. The van der Waals surface area contributed by atoms with Crippen LogP contribution in [-0.4, -0.2) is 50.6 Å². The van der Waals surface area contributed by atoms with Crippen LogP contribution >= 0.6 is 24.8 Å². The van der Waals surface area contributed by atoms with Gasteiger partial charge in [0.2, 0.25) is 5.91 Å². The molecule has 27 heavy (non-hydrogen) atoms. The van der Waals surface area contributed by atoms with Crippen LogP contribution in [0.25, 0.3) is 0 Å². The van der Waals surface area contributed by atoms with Crippen molar-refractivity contribution in [2.24, 2.45) is 5.92 Å². The summed E-state index contributed by atoms with van der Waals surface area (Å²) in [5, 5.41) is 6.55. The normalized spacial score (nSPS) is 21.3. The average Bonchev–Trinajstić information content (AvgIpc) is 2.70. The van der Waals surface area contributed by atoms with E-state index in [0.717, 1.165) is 44.8 Å². The number of rotatable bonds is 6. The third-order valence-electron chi connectivity index (χ3n) is 5.47. The number of amides is 1. The number of halogens is 2. The number of ether oxygens (including phenoxy) is 1. The van der Waals surface area contributed by atoms with Crippen LogP contribution in [-0.2, 0) is 4.79 Å². The van der Waals surface area contributed by atoms with Gasteiger partial charge in [0, 0.05) is 18.7 Å². The lowest BCUT2D eigenvalue weighted by Crippen LogP contribution is -2.45. The lowest BCUT2D eigenvalue weighted by atomic mass is 9.97. The number of piperidine rings is 2. The van der Waals surface area contributed by atoms with Crippen LogP contribution in [0.3, 0.4) is 0 Å². The van der Waals surface area contributed by atoms with Crippen molar-refractivity contribution >= 4 is 30.7 Å². The maximum atomic E-state index is 12.6. The zero-order valence-electron chi connectivity index (χ0n) is 16.1. The summed E-state index contributed by atoms with van der Waals surface area (Å²) in [6, 6.07) is 8.38. The highest BCUT2D eigenvalue weighted by Crippen LogP contribution is 2.31. The minimum atomic E-state index is 0. The third-order valence-corrected chi connectivity index (χ3v) is 5.47. The lowest BCUT2D eigenvalue weighted by Gasteiger charge is -2.36. The molecule has 0 aliphatic carbocycles. The van der Waals surface area contributed by atoms with Gasteiger partial charge in [0.1, 0.15) is 5.75 Å². The van der Waals surface area contributed by atoms with Gasteiger partial charge in [-0.3, -0.25) is 9.69 Å². The molecule has 7 heteroatoms. The van der Waals surface area contributed by atoms with Gasteiger partial charge in [-0.1, -0.05) is 24.6 Å². The van der Waals surface area contributed by atoms with E-state index in [-0.39, 0.29) is 42.7 Å². The monoisotopic (exact) mass is 417 g/mol. The maximum absolute atomic E-state index is 12.6. The summed E-state index contributed by atoms with van der Waals surface area (Å²) in [4.78, 5) is 15.1. The van der Waals surface area contributed by atoms with E-state index in [1.807, 2.05) is 12.1 Å². The number of carbonyl (C=O) groups excluding carboxylic acids is 1. The van der Waals surface area contributed by atoms with E-state index in [9.17, 15) is 4.79 Å². The molecule has 2 saturated heterocycles. The molecule has 2 N–H and O–H groups in total. The fourth-order valence-corrected chi connectivity index (χ4v) is 4.02. The number of hydrogen-bond acceptors (Lipinski definition) is 4. The Kier molecular flexibility index (Phi) is 11.1. The third kappa shape index (κ3) is 6.53. The second kappa shape index (κ2) is 12.4. The first-order valence-electron chi connectivity index (χ1n) is 9.65. The minimum absolute atomic E-state index is 0. The molecular weight excluding hydrogens is 385 g/mol. The zero-order valence-corrected chi connectivity index (χ0v) is 17.7. The van der Waals surface area contributed by atoms with Gasteiger partial charge in [0.15, 0.2) is 0 Å². The van der Waals surface area contributed by atoms with Crippen LogP contribution in [0.15, 0.2) is 24.3 Å². The maximum Gasteiger partial charge on any atom is 0.224 e. The molecule has 2 aliphatic heterocycles. The molecule has 5 nitrogen and oxygen atoms in total. The van der Waals surface area contributed by atoms with Gasteiger partial charge in [-0.15, -0.1) is 24.8 Å². The molecule has 0 aromatic heterocycles. The fourth-order valence-electron chi connectivity index (χ4n) is 4.02. The second-order valence-corrected chi connectivity index (χ2v) is 7.14. The van der Waals surface area contributed by atoms with Crippen molar-refractivity contribution < 1.29 is 9.53 Å². The largest absolute Gasteiger partial charge is 0.496 e. The van der Waals surface area contributed by atoms with Crippen molar-refractivity contribution in [3.63, 3.8) is 0 Å². The number of likely N-dealkylation sites (tertiary alicyclic amines) is 1. The molecule has 2 unspecified atom stereocenters. The van der Waals surface area contributed by atoms with Gasteiger partial charge < -0.3 is 15.4 Å². The molecule has 0 radical (unpaired) electrons. The molecule has 3 rings (SSSR count). The van der Waals surface area contributed by atoms with Gasteiger partial charge in [0.05, 0.1) is 19.1 Å². The van der Waals surface area contributed by atoms with Crippen molar-refractivity contribution in [2.75, 3.05) is 39.8 Å². The smallest absolute Gasteiger partial charge is 0.224 e. The molecule has 2 aliphatic rings. The molecule has 2 heterocycles. The van der Waals surface area contributed by atoms with E-state index >= 15 is 0 Å². The number of methoxy groups -OCH3 is 1. The van der Waals surface area contributed by atoms with Crippen LogP contribution in [0.2, 0.25) is 0 Å². The predicted octanol–water partition coefficient (Wildman–Crippen LogP) is 3.18. The Morgan fingerprint density at radius 2 is 1.96 bits per heavy atom. The predicted molar refractivity (Wildman–Crippen MR) is 114 cm³/mol. The highest BCUT2D eigenvalue weighted by molar-refractivity contribution is 5.85. The van der Waals surface area contributed by atoms with Crippen LogP contribution in [0.5, 0.6) is 5.75 Å². The van der Waals surface area contributed by atoms with E-state index in [0.29, 0.717) is 6.54 Å². The van der Waals surface area contributed by atoms with Crippen LogP contribution in [0.1, 0.15) is 43.7 Å². The first kappa shape index (κ1) is 24.0. The quantitative estimate of drug-likeness (QED) is 0.745. The SMILES string of the molecule is COc1ccccc1C(CNC(=O)C1CCCNC1)N1CCCCC1.Cl.Cl. The standard InChI is InChI=1S/C20H31N3O2.2ClH/c1-25-19-10-4-3-9-17(19)18(23-12-5-2-6-13-23)15-22-20(24)16-8-7-11-21-14-16;;/h3-4,9-10,16,18,21H,2,5-8,11-15H2,1H3,(H,22,24);2*1H. The Bertz CT molecular complexity index is 562. The van der Waals surface area contributed by atoms with Gasteiger partial charge in [-0.05, 0) is 51.4 Å². The number of nitrogens with zero attached hydrogens (tertiary/aromatic N) is 1. The molecule has 2 fully saturated rings. The Morgan fingerprint density at radius 1 is 1.22 bits per heavy atom. The Hall–Kier alpha value is -1.01. The van der Waals surface area contributed by atoms with E-state index < -0.39 is 0 Å². The number of carbonyl (C=O) groups is 1. The molecule has 0 bridgehead atoms. The van der Waals surface area contributed by atoms with Crippen molar-refractivity contribution in [1.82, 2.24) is 15.5 Å². The van der Waals surface area contributed by atoms with Crippen molar-refractivity contribution in [2.45, 2.75) is 38.1 Å². The minimum Gasteiger partial charge on any atom is -0.496 e. The molecule has 1 aromatic rings. The molecule has 1 amide bonds. The van der Waals surface area contributed by atoms with E-state index in [2.05, 4.69) is 27.7 Å². The van der Waals surface area contributed by atoms with Gasteiger partial charge in [0.25, 0.3) is 0 Å².